The number of amides is 1. The van der Waals surface area contributed by atoms with Gasteiger partial charge in [-0.1, -0.05) is 18.2 Å². The lowest BCUT2D eigenvalue weighted by atomic mass is 10.2. The fourth-order valence-corrected chi connectivity index (χ4v) is 4.10. The van der Waals surface area contributed by atoms with Crippen LogP contribution in [0.15, 0.2) is 53.5 Å². The van der Waals surface area contributed by atoms with Crippen LogP contribution in [0.25, 0.3) is 10.8 Å². The minimum absolute atomic E-state index is 0.140. The van der Waals surface area contributed by atoms with Crippen LogP contribution in [-0.4, -0.2) is 27.0 Å². The Morgan fingerprint density at radius 2 is 1.91 bits per heavy atom. The van der Waals surface area contributed by atoms with Gasteiger partial charge in [0.05, 0.1) is 18.1 Å². The second-order valence-corrected chi connectivity index (χ2v) is 7.86. The van der Waals surface area contributed by atoms with Gasteiger partial charge in [0.2, 0.25) is 12.7 Å². The van der Waals surface area contributed by atoms with Crippen LogP contribution in [0.4, 0.5) is 10.1 Å². The molecule has 9 heteroatoms. The Balaban J connectivity index is 1.42. The number of rotatable bonds is 5. The van der Waals surface area contributed by atoms with Crippen LogP contribution in [0, 0.1) is 19.7 Å². The molecule has 0 aliphatic carbocycles. The van der Waals surface area contributed by atoms with Crippen molar-refractivity contribution in [2.24, 2.45) is 0 Å². The van der Waals surface area contributed by atoms with Gasteiger partial charge in [0.1, 0.15) is 12.4 Å². The summed E-state index contributed by atoms with van der Waals surface area (Å²) in [6.07, 6.45) is 1.57. The number of anilines is 1. The van der Waals surface area contributed by atoms with Gasteiger partial charge in [0, 0.05) is 34.1 Å². The molecule has 3 heterocycles. The number of benzene rings is 2. The van der Waals surface area contributed by atoms with E-state index < -0.39 is 5.91 Å². The van der Waals surface area contributed by atoms with Gasteiger partial charge in [0.15, 0.2) is 11.5 Å². The Morgan fingerprint density at radius 1 is 1.12 bits per heavy atom. The number of carbonyl (C=O) groups excluding carboxylic acids is 1. The predicted octanol–water partition coefficient (Wildman–Crippen LogP) is 3.37. The second kappa shape index (κ2) is 8.09. The maximum atomic E-state index is 14.2. The van der Waals surface area contributed by atoms with Crippen molar-refractivity contribution in [2.45, 2.75) is 26.9 Å². The standard InChI is InChI=1S/C24H21FN4O4/c1-14-18-10-26-29(12-22(30)27-17-7-8-20-21(9-17)33-13-32-20)24(31)23(18)15(2)28(14)11-16-5-3-4-6-19(16)25/h3-10H,11-13H2,1-2H3,(H,27,30). The Morgan fingerprint density at radius 3 is 2.73 bits per heavy atom. The molecule has 168 valence electrons. The molecular formula is C24H21FN4O4. The molecule has 2 aromatic carbocycles. The molecule has 33 heavy (non-hydrogen) atoms. The predicted molar refractivity (Wildman–Crippen MR) is 120 cm³/mol. The maximum absolute atomic E-state index is 14.2. The topological polar surface area (TPSA) is 87.4 Å². The zero-order valence-electron chi connectivity index (χ0n) is 18.1. The summed E-state index contributed by atoms with van der Waals surface area (Å²) in [7, 11) is 0. The second-order valence-electron chi connectivity index (χ2n) is 7.86. The SMILES string of the molecule is Cc1c2cnn(CC(=O)Nc3ccc4c(c3)OCO4)c(=O)c2c(C)n1Cc1ccccc1F. The van der Waals surface area contributed by atoms with E-state index in [9.17, 15) is 14.0 Å². The van der Waals surface area contributed by atoms with Crippen molar-refractivity contribution in [3.8, 4) is 11.5 Å². The highest BCUT2D eigenvalue weighted by Crippen LogP contribution is 2.34. The van der Waals surface area contributed by atoms with E-state index in [1.54, 1.807) is 42.6 Å². The highest BCUT2D eigenvalue weighted by Gasteiger charge is 2.19. The smallest absolute Gasteiger partial charge is 0.276 e. The van der Waals surface area contributed by atoms with Crippen LogP contribution < -0.4 is 20.3 Å². The number of nitrogens with one attached hydrogen (secondary N) is 1. The number of hydrogen-bond donors (Lipinski definition) is 1. The van der Waals surface area contributed by atoms with Crippen LogP contribution in [0.1, 0.15) is 17.0 Å². The Hall–Kier alpha value is -4.14. The zero-order valence-corrected chi connectivity index (χ0v) is 18.1. The molecule has 0 saturated heterocycles. The fraction of sp³-hybridized carbons (Fsp3) is 0.208. The fourth-order valence-electron chi connectivity index (χ4n) is 4.10. The molecule has 0 saturated carbocycles. The lowest BCUT2D eigenvalue weighted by Crippen LogP contribution is -2.29. The Kier molecular flexibility index (Phi) is 5.08. The molecule has 0 unspecified atom stereocenters. The third-order valence-corrected chi connectivity index (χ3v) is 5.84. The van der Waals surface area contributed by atoms with E-state index >= 15 is 0 Å². The van der Waals surface area contributed by atoms with E-state index in [4.69, 9.17) is 9.47 Å². The average molecular weight is 448 g/mol. The third-order valence-electron chi connectivity index (χ3n) is 5.84. The molecule has 0 radical (unpaired) electrons. The summed E-state index contributed by atoms with van der Waals surface area (Å²) in [4.78, 5) is 25.7. The summed E-state index contributed by atoms with van der Waals surface area (Å²) >= 11 is 0. The number of carbonyl (C=O) groups is 1. The molecule has 0 fully saturated rings. The van der Waals surface area contributed by atoms with E-state index in [-0.39, 0.29) is 24.7 Å². The number of fused-ring (bicyclic) bond motifs is 2. The number of aromatic nitrogens is 3. The van der Waals surface area contributed by atoms with Gasteiger partial charge in [-0.15, -0.1) is 0 Å². The van der Waals surface area contributed by atoms with Gasteiger partial charge in [-0.2, -0.15) is 5.10 Å². The molecule has 1 N–H and O–H groups in total. The van der Waals surface area contributed by atoms with Gasteiger partial charge in [0.25, 0.3) is 5.56 Å². The van der Waals surface area contributed by atoms with Crippen molar-refractivity contribution in [3.05, 3.63) is 81.8 Å². The molecular weight excluding hydrogens is 427 g/mol. The monoisotopic (exact) mass is 448 g/mol. The van der Waals surface area contributed by atoms with Crippen molar-refractivity contribution in [3.63, 3.8) is 0 Å². The van der Waals surface area contributed by atoms with Gasteiger partial charge in [-0.25, -0.2) is 9.07 Å². The van der Waals surface area contributed by atoms with Crippen molar-refractivity contribution >= 4 is 22.4 Å². The van der Waals surface area contributed by atoms with Gasteiger partial charge < -0.3 is 19.4 Å². The van der Waals surface area contributed by atoms with E-state index in [1.807, 2.05) is 18.4 Å². The number of ether oxygens (including phenoxy) is 2. The highest BCUT2D eigenvalue weighted by molar-refractivity contribution is 5.91. The molecule has 2 aromatic heterocycles. The van der Waals surface area contributed by atoms with Crippen LogP contribution >= 0.6 is 0 Å². The summed E-state index contributed by atoms with van der Waals surface area (Å²) in [5, 5.41) is 8.09. The molecule has 0 bridgehead atoms. The maximum Gasteiger partial charge on any atom is 0.276 e. The number of nitrogens with zero attached hydrogens (tertiary/aromatic N) is 3. The zero-order chi connectivity index (χ0) is 23.1. The highest BCUT2D eigenvalue weighted by atomic mass is 19.1. The molecule has 8 nitrogen and oxygen atoms in total. The van der Waals surface area contributed by atoms with Gasteiger partial charge >= 0.3 is 0 Å². The largest absolute Gasteiger partial charge is 0.454 e. The van der Waals surface area contributed by atoms with E-state index in [2.05, 4.69) is 10.4 Å². The first-order valence-corrected chi connectivity index (χ1v) is 10.4. The molecule has 0 spiro atoms. The first-order chi connectivity index (χ1) is 15.9. The molecule has 4 aromatic rings. The van der Waals surface area contributed by atoms with Gasteiger partial charge in [-0.3, -0.25) is 9.59 Å². The first kappa shape index (κ1) is 20.7. The van der Waals surface area contributed by atoms with Crippen LogP contribution in [0.5, 0.6) is 11.5 Å². The van der Waals surface area contributed by atoms with Crippen LogP contribution in [0.3, 0.4) is 0 Å². The van der Waals surface area contributed by atoms with Crippen LogP contribution in [-0.2, 0) is 17.9 Å². The van der Waals surface area contributed by atoms with Crippen molar-refractivity contribution in [1.82, 2.24) is 14.3 Å². The normalized spacial score (nSPS) is 12.3. The van der Waals surface area contributed by atoms with E-state index in [1.165, 1.54) is 6.07 Å². The van der Waals surface area contributed by atoms with Crippen molar-refractivity contribution in [2.75, 3.05) is 12.1 Å². The first-order valence-electron chi connectivity index (χ1n) is 10.4. The summed E-state index contributed by atoms with van der Waals surface area (Å²) in [6, 6.07) is 11.6. The number of halogens is 1. The molecule has 1 aliphatic heterocycles. The third kappa shape index (κ3) is 3.71. The minimum Gasteiger partial charge on any atom is -0.454 e. The minimum atomic E-state index is -0.400. The van der Waals surface area contributed by atoms with E-state index in [0.717, 1.165) is 10.4 Å². The molecule has 5 rings (SSSR count). The molecule has 1 amide bonds. The van der Waals surface area contributed by atoms with Crippen LogP contribution in [0.2, 0.25) is 0 Å². The van der Waals surface area contributed by atoms with Crippen molar-refractivity contribution < 1.29 is 18.7 Å². The summed E-state index contributed by atoms with van der Waals surface area (Å²) in [5.41, 5.74) is 2.19. The summed E-state index contributed by atoms with van der Waals surface area (Å²) < 4.78 is 27.8. The van der Waals surface area contributed by atoms with Gasteiger partial charge in [-0.05, 0) is 32.0 Å². The Bertz CT molecular complexity index is 1460. The number of aryl methyl sites for hydroxylation is 2. The van der Waals surface area contributed by atoms with E-state index in [0.29, 0.717) is 45.8 Å². The number of hydrogen-bond acceptors (Lipinski definition) is 5. The summed E-state index contributed by atoms with van der Waals surface area (Å²) in [6.45, 7) is 3.87. The molecule has 1 aliphatic rings. The van der Waals surface area contributed by atoms with Crippen molar-refractivity contribution in [1.29, 1.82) is 0 Å². The summed E-state index contributed by atoms with van der Waals surface area (Å²) in [5.74, 6) is 0.460. The Labute approximate surface area is 188 Å². The quantitative estimate of drug-likeness (QED) is 0.506. The molecule has 0 atom stereocenters. The average Bonchev–Trinajstić information content (AvgIpc) is 3.35. The lowest BCUT2D eigenvalue weighted by molar-refractivity contribution is -0.117. The lowest BCUT2D eigenvalue weighted by Gasteiger charge is -2.10.